The predicted molar refractivity (Wildman–Crippen MR) is 99.1 cm³/mol. The second kappa shape index (κ2) is 7.82. The molecule has 0 spiro atoms. The zero-order chi connectivity index (χ0) is 17.0. The Morgan fingerprint density at radius 1 is 1.38 bits per heavy atom. The summed E-state index contributed by atoms with van der Waals surface area (Å²) < 4.78 is 27.4. The summed E-state index contributed by atoms with van der Waals surface area (Å²) in [4.78, 5) is 6.58. The number of aromatic nitrogens is 1. The molecule has 1 aromatic carbocycles. The molecule has 5 nitrogen and oxygen atoms in total. The van der Waals surface area contributed by atoms with Crippen molar-refractivity contribution in [3.63, 3.8) is 0 Å². The van der Waals surface area contributed by atoms with E-state index >= 15 is 0 Å². The third-order valence-corrected chi connectivity index (χ3v) is 6.60. The Bertz CT molecular complexity index is 765. The van der Waals surface area contributed by atoms with Crippen LogP contribution in [0.15, 0.2) is 35.8 Å². The van der Waals surface area contributed by atoms with Crippen molar-refractivity contribution in [3.8, 4) is 0 Å². The predicted octanol–water partition coefficient (Wildman–Crippen LogP) is 3.13. The van der Waals surface area contributed by atoms with Crippen LogP contribution in [-0.4, -0.2) is 33.0 Å². The number of nitrogens with one attached hydrogen (secondary N) is 1. The lowest BCUT2D eigenvalue weighted by Crippen LogP contribution is -2.41. The van der Waals surface area contributed by atoms with Crippen LogP contribution in [0.5, 0.6) is 0 Å². The Balaban J connectivity index is 1.55. The van der Waals surface area contributed by atoms with Crippen molar-refractivity contribution < 1.29 is 8.42 Å². The summed E-state index contributed by atoms with van der Waals surface area (Å²) in [6.45, 7) is 2.27. The molecule has 2 heterocycles. The Morgan fingerprint density at radius 2 is 2.21 bits per heavy atom. The number of halogens is 1. The van der Waals surface area contributed by atoms with Crippen LogP contribution in [0.1, 0.15) is 18.4 Å². The number of nitrogens with zero attached hydrogens (tertiary/aromatic N) is 2. The van der Waals surface area contributed by atoms with Crippen LogP contribution >= 0.6 is 22.9 Å². The maximum atomic E-state index is 12.3. The average molecular weight is 386 g/mol. The Hall–Kier alpha value is -1.15. The van der Waals surface area contributed by atoms with Gasteiger partial charge in [-0.1, -0.05) is 29.8 Å². The van der Waals surface area contributed by atoms with Gasteiger partial charge in [0.1, 0.15) is 0 Å². The van der Waals surface area contributed by atoms with Crippen molar-refractivity contribution in [1.82, 2.24) is 9.71 Å². The highest BCUT2D eigenvalue weighted by molar-refractivity contribution is 7.88. The molecule has 1 aliphatic heterocycles. The minimum atomic E-state index is -3.39. The molecule has 0 bridgehead atoms. The van der Waals surface area contributed by atoms with Crippen molar-refractivity contribution in [3.05, 3.63) is 46.4 Å². The van der Waals surface area contributed by atoms with Gasteiger partial charge in [-0.05, 0) is 30.4 Å². The number of hydrogen-bond donors (Lipinski definition) is 1. The number of benzene rings is 1. The normalized spacial score (nSPS) is 18.7. The Labute approximate surface area is 151 Å². The Kier molecular flexibility index (Phi) is 5.76. The molecule has 0 radical (unpaired) electrons. The van der Waals surface area contributed by atoms with Crippen LogP contribution in [0, 0.1) is 5.92 Å². The van der Waals surface area contributed by atoms with Gasteiger partial charge in [0.15, 0.2) is 5.13 Å². The fourth-order valence-corrected chi connectivity index (χ4v) is 5.11. The molecule has 130 valence electrons. The first-order valence-electron chi connectivity index (χ1n) is 7.89. The van der Waals surface area contributed by atoms with Crippen LogP contribution in [0.4, 0.5) is 5.13 Å². The monoisotopic (exact) mass is 385 g/mol. The molecule has 1 unspecified atom stereocenters. The summed E-state index contributed by atoms with van der Waals surface area (Å²) >= 11 is 7.67. The second-order valence-electron chi connectivity index (χ2n) is 5.97. The van der Waals surface area contributed by atoms with E-state index in [1.54, 1.807) is 41.8 Å². The molecule has 2 aromatic rings. The molecule has 0 saturated carbocycles. The average Bonchev–Trinajstić information content (AvgIpc) is 3.10. The van der Waals surface area contributed by atoms with E-state index in [-0.39, 0.29) is 5.75 Å². The van der Waals surface area contributed by atoms with Gasteiger partial charge in [0.2, 0.25) is 10.0 Å². The molecule has 0 aliphatic carbocycles. The summed E-state index contributed by atoms with van der Waals surface area (Å²) in [7, 11) is -3.39. The summed E-state index contributed by atoms with van der Waals surface area (Å²) in [6.07, 6.45) is 3.88. The first-order chi connectivity index (χ1) is 11.5. The molecular weight excluding hydrogens is 366 g/mol. The van der Waals surface area contributed by atoms with Crippen molar-refractivity contribution in [2.45, 2.75) is 18.6 Å². The minimum Gasteiger partial charge on any atom is -0.348 e. The lowest BCUT2D eigenvalue weighted by atomic mass is 9.99. The quantitative estimate of drug-likeness (QED) is 0.829. The van der Waals surface area contributed by atoms with Crippen LogP contribution in [0.2, 0.25) is 5.02 Å². The van der Waals surface area contributed by atoms with Crippen molar-refractivity contribution in [2.24, 2.45) is 5.92 Å². The molecule has 1 N–H and O–H groups in total. The second-order valence-corrected chi connectivity index (χ2v) is 9.05. The van der Waals surface area contributed by atoms with E-state index in [1.807, 2.05) is 5.38 Å². The van der Waals surface area contributed by atoms with Crippen LogP contribution in [0.25, 0.3) is 0 Å². The number of thiazole rings is 1. The largest absolute Gasteiger partial charge is 0.348 e. The van der Waals surface area contributed by atoms with E-state index in [2.05, 4.69) is 14.6 Å². The van der Waals surface area contributed by atoms with E-state index < -0.39 is 10.0 Å². The highest BCUT2D eigenvalue weighted by Crippen LogP contribution is 2.24. The zero-order valence-corrected chi connectivity index (χ0v) is 15.6. The summed E-state index contributed by atoms with van der Waals surface area (Å²) in [5.41, 5.74) is 0.625. The van der Waals surface area contributed by atoms with Gasteiger partial charge in [0.05, 0.1) is 5.75 Å². The van der Waals surface area contributed by atoms with Gasteiger partial charge in [-0.25, -0.2) is 18.1 Å². The zero-order valence-electron chi connectivity index (χ0n) is 13.2. The molecule has 1 aliphatic rings. The molecule has 1 atom stereocenters. The summed E-state index contributed by atoms with van der Waals surface area (Å²) in [6, 6.07) is 7.04. The Morgan fingerprint density at radius 3 is 2.96 bits per heavy atom. The van der Waals surface area contributed by atoms with Crippen LogP contribution < -0.4 is 9.62 Å². The fourth-order valence-electron chi connectivity index (χ4n) is 2.89. The summed E-state index contributed by atoms with van der Waals surface area (Å²) in [5, 5.41) is 3.46. The van der Waals surface area contributed by atoms with Gasteiger partial charge in [0.25, 0.3) is 0 Å². The number of piperidine rings is 1. The van der Waals surface area contributed by atoms with E-state index in [4.69, 9.17) is 11.6 Å². The third-order valence-electron chi connectivity index (χ3n) is 4.10. The number of sulfonamides is 1. The SMILES string of the molecule is O=S(=O)(Cc1ccccc1Cl)NCC1CCCN(c2nccs2)C1. The van der Waals surface area contributed by atoms with Crippen LogP contribution in [0.3, 0.4) is 0 Å². The van der Waals surface area contributed by atoms with Gasteiger partial charge in [-0.15, -0.1) is 11.3 Å². The van der Waals surface area contributed by atoms with E-state index in [9.17, 15) is 8.42 Å². The lowest BCUT2D eigenvalue weighted by Gasteiger charge is -2.32. The molecule has 24 heavy (non-hydrogen) atoms. The van der Waals surface area contributed by atoms with Gasteiger partial charge in [0, 0.05) is 36.2 Å². The highest BCUT2D eigenvalue weighted by Gasteiger charge is 2.23. The minimum absolute atomic E-state index is 0.0877. The van der Waals surface area contributed by atoms with Gasteiger partial charge in [-0.2, -0.15) is 0 Å². The van der Waals surface area contributed by atoms with Crippen molar-refractivity contribution in [2.75, 3.05) is 24.5 Å². The van der Waals surface area contributed by atoms with Gasteiger partial charge < -0.3 is 4.90 Å². The van der Waals surface area contributed by atoms with E-state index in [1.165, 1.54) is 0 Å². The molecule has 1 aromatic heterocycles. The summed E-state index contributed by atoms with van der Waals surface area (Å²) in [5.74, 6) is 0.207. The molecule has 3 rings (SSSR count). The van der Waals surface area contributed by atoms with Crippen LogP contribution in [-0.2, 0) is 15.8 Å². The first kappa shape index (κ1) is 17.7. The third kappa shape index (κ3) is 4.69. The fraction of sp³-hybridized carbons (Fsp3) is 0.438. The lowest BCUT2D eigenvalue weighted by molar-refractivity contribution is 0.410. The molecule has 8 heteroatoms. The topological polar surface area (TPSA) is 62.3 Å². The highest BCUT2D eigenvalue weighted by atomic mass is 35.5. The van der Waals surface area contributed by atoms with E-state index in [0.29, 0.717) is 23.0 Å². The standard InChI is InChI=1S/C16H20ClN3O2S2/c17-15-6-2-1-5-14(15)12-24(21,22)19-10-13-4-3-8-20(11-13)16-18-7-9-23-16/h1-2,5-7,9,13,19H,3-4,8,10-12H2. The van der Waals surface area contributed by atoms with Crippen molar-refractivity contribution in [1.29, 1.82) is 0 Å². The number of anilines is 1. The van der Waals surface area contributed by atoms with Crippen molar-refractivity contribution >= 4 is 38.1 Å². The van der Waals surface area contributed by atoms with Gasteiger partial charge in [-0.3, -0.25) is 0 Å². The molecular formula is C16H20ClN3O2S2. The maximum absolute atomic E-state index is 12.3. The smallest absolute Gasteiger partial charge is 0.215 e. The molecule has 1 saturated heterocycles. The molecule has 1 fully saturated rings. The first-order valence-corrected chi connectivity index (χ1v) is 10.8. The van der Waals surface area contributed by atoms with Gasteiger partial charge >= 0.3 is 0 Å². The number of hydrogen-bond acceptors (Lipinski definition) is 5. The number of rotatable bonds is 6. The maximum Gasteiger partial charge on any atom is 0.215 e. The molecule has 0 amide bonds. The van der Waals surface area contributed by atoms with E-state index in [0.717, 1.165) is 31.1 Å².